The Hall–Kier alpha value is -1.86. The Balaban J connectivity index is 1.26. The number of hydrogen-bond acceptors (Lipinski definition) is 4. The molecule has 0 aromatic heterocycles. The summed E-state index contributed by atoms with van der Waals surface area (Å²) in [4.78, 5) is 16.9. The molecule has 1 aromatic carbocycles. The van der Waals surface area contributed by atoms with Crippen LogP contribution in [0.4, 0.5) is 14.9 Å². The highest BCUT2D eigenvalue weighted by atomic mass is 19.1. The number of nitrogens with one attached hydrogen (secondary N) is 1. The molecule has 0 saturated carbocycles. The largest absolute Gasteiger partial charge is 0.379 e. The molecule has 0 spiro atoms. The van der Waals surface area contributed by atoms with Gasteiger partial charge in [-0.25, -0.2) is 9.18 Å². The zero-order valence-electron chi connectivity index (χ0n) is 16.5. The summed E-state index contributed by atoms with van der Waals surface area (Å²) in [7, 11) is 1.70. The molecule has 0 radical (unpaired) electrons. The van der Waals surface area contributed by atoms with E-state index in [9.17, 15) is 9.18 Å². The third-order valence-corrected chi connectivity index (χ3v) is 6.42. The Bertz CT molecular complexity index is 693. The summed E-state index contributed by atoms with van der Waals surface area (Å²) in [5.74, 6) is 0.147. The van der Waals surface area contributed by atoms with Crippen molar-refractivity contribution in [1.29, 1.82) is 0 Å². The second-order valence-corrected chi connectivity index (χ2v) is 8.02. The number of carbonyl (C=O) groups is 1. The van der Waals surface area contributed by atoms with E-state index in [1.54, 1.807) is 19.2 Å². The van der Waals surface area contributed by atoms with Crippen molar-refractivity contribution in [3.05, 3.63) is 29.6 Å². The van der Waals surface area contributed by atoms with Crippen molar-refractivity contribution >= 4 is 11.7 Å². The second-order valence-electron chi connectivity index (χ2n) is 8.02. The van der Waals surface area contributed by atoms with Gasteiger partial charge in [0.05, 0.1) is 12.7 Å². The Labute approximate surface area is 166 Å². The number of hydrogen-bond donors (Lipinski definition) is 1. The Kier molecular flexibility index (Phi) is 6.01. The highest BCUT2D eigenvalue weighted by molar-refractivity contribution is 5.74. The van der Waals surface area contributed by atoms with Gasteiger partial charge in [-0.2, -0.15) is 0 Å². The lowest BCUT2D eigenvalue weighted by atomic mass is 9.97. The van der Waals surface area contributed by atoms with Crippen LogP contribution >= 0.6 is 0 Å². The van der Waals surface area contributed by atoms with Crippen LogP contribution in [0.1, 0.15) is 24.8 Å². The third kappa shape index (κ3) is 4.10. The molecule has 3 heterocycles. The van der Waals surface area contributed by atoms with E-state index in [-0.39, 0.29) is 18.0 Å². The molecule has 0 bridgehead atoms. The first-order chi connectivity index (χ1) is 13.7. The molecule has 28 heavy (non-hydrogen) atoms. The molecular formula is C21H30FN3O3. The van der Waals surface area contributed by atoms with Gasteiger partial charge in [0.1, 0.15) is 5.82 Å². The van der Waals surface area contributed by atoms with Gasteiger partial charge in [0, 0.05) is 57.5 Å². The van der Waals surface area contributed by atoms with Crippen molar-refractivity contribution in [3.8, 4) is 0 Å². The van der Waals surface area contributed by atoms with Gasteiger partial charge in [0.2, 0.25) is 0 Å². The number of ether oxygens (including phenoxy) is 2. The Morgan fingerprint density at radius 2 is 2.11 bits per heavy atom. The minimum atomic E-state index is -0.160. The van der Waals surface area contributed by atoms with Crippen molar-refractivity contribution in [2.75, 3.05) is 51.4 Å². The normalized spacial score (nSPS) is 25.6. The number of amides is 2. The van der Waals surface area contributed by atoms with Crippen LogP contribution in [-0.4, -0.2) is 69.6 Å². The number of rotatable bonds is 4. The van der Waals surface area contributed by atoms with E-state index >= 15 is 0 Å². The van der Waals surface area contributed by atoms with Gasteiger partial charge in [0.25, 0.3) is 0 Å². The van der Waals surface area contributed by atoms with Crippen molar-refractivity contribution < 1.29 is 18.7 Å². The zero-order valence-corrected chi connectivity index (χ0v) is 16.5. The van der Waals surface area contributed by atoms with Crippen LogP contribution in [0.15, 0.2) is 18.2 Å². The molecular weight excluding hydrogens is 361 g/mol. The fourth-order valence-corrected chi connectivity index (χ4v) is 4.74. The fraction of sp³-hybridized carbons (Fsp3) is 0.667. The van der Waals surface area contributed by atoms with E-state index in [1.165, 1.54) is 0 Å². The van der Waals surface area contributed by atoms with E-state index in [0.717, 1.165) is 63.2 Å². The first-order valence-corrected chi connectivity index (χ1v) is 10.3. The van der Waals surface area contributed by atoms with Gasteiger partial charge in [-0.3, -0.25) is 0 Å². The summed E-state index contributed by atoms with van der Waals surface area (Å²) in [5, 5.41) is 3.09. The topological polar surface area (TPSA) is 54.0 Å². The summed E-state index contributed by atoms with van der Waals surface area (Å²) in [6.45, 7) is 4.41. The first kappa shape index (κ1) is 19.5. The predicted octanol–water partition coefficient (Wildman–Crippen LogP) is 2.41. The van der Waals surface area contributed by atoms with Gasteiger partial charge in [-0.15, -0.1) is 0 Å². The zero-order chi connectivity index (χ0) is 19.5. The quantitative estimate of drug-likeness (QED) is 0.857. The molecule has 6 nitrogen and oxygen atoms in total. The van der Waals surface area contributed by atoms with Gasteiger partial charge in [-0.1, -0.05) is 0 Å². The summed E-state index contributed by atoms with van der Waals surface area (Å²) in [6, 6.07) is 5.54. The average Bonchev–Trinajstić information content (AvgIpc) is 3.15. The fourth-order valence-electron chi connectivity index (χ4n) is 4.74. The van der Waals surface area contributed by atoms with Crippen molar-refractivity contribution in [2.45, 2.75) is 37.8 Å². The van der Waals surface area contributed by atoms with Gasteiger partial charge in [0.15, 0.2) is 0 Å². The number of methoxy groups -OCH3 is 1. The Morgan fingerprint density at radius 3 is 2.89 bits per heavy atom. The van der Waals surface area contributed by atoms with Crippen molar-refractivity contribution in [1.82, 2.24) is 10.2 Å². The molecule has 2 atom stereocenters. The SMILES string of the molecule is COC1COCCC1CNC(=O)N1CCC(N2CCc3cc(F)ccc32)CC1. The number of nitrogens with zero attached hydrogens (tertiary/aromatic N) is 2. The Morgan fingerprint density at radius 1 is 1.29 bits per heavy atom. The lowest BCUT2D eigenvalue weighted by molar-refractivity contribution is -0.0640. The molecule has 3 aliphatic rings. The summed E-state index contributed by atoms with van der Waals surface area (Å²) < 4.78 is 24.4. The van der Waals surface area contributed by atoms with E-state index < -0.39 is 0 Å². The molecule has 3 aliphatic heterocycles. The van der Waals surface area contributed by atoms with Crippen LogP contribution in [0.2, 0.25) is 0 Å². The number of benzene rings is 1. The molecule has 7 heteroatoms. The standard InChI is InChI=1S/C21H30FN3O3/c1-27-20-14-28-11-7-16(20)13-23-21(26)24-8-5-18(6-9-24)25-10-4-15-12-17(22)2-3-19(15)25/h2-3,12,16,18,20H,4-11,13-14H2,1H3,(H,23,26). The monoisotopic (exact) mass is 391 g/mol. The number of fused-ring (bicyclic) bond motifs is 1. The lowest BCUT2D eigenvalue weighted by Crippen LogP contribution is -2.51. The molecule has 2 fully saturated rings. The molecule has 1 N–H and O–H groups in total. The molecule has 1 aromatic rings. The van der Waals surface area contributed by atoms with Crippen molar-refractivity contribution in [3.63, 3.8) is 0 Å². The maximum atomic E-state index is 13.4. The molecule has 4 rings (SSSR count). The maximum absolute atomic E-state index is 13.4. The summed E-state index contributed by atoms with van der Waals surface area (Å²) in [6.07, 6.45) is 3.76. The van der Waals surface area contributed by atoms with E-state index in [0.29, 0.717) is 25.1 Å². The van der Waals surface area contributed by atoms with Crippen LogP contribution in [0, 0.1) is 11.7 Å². The first-order valence-electron chi connectivity index (χ1n) is 10.3. The number of piperidine rings is 1. The number of anilines is 1. The summed E-state index contributed by atoms with van der Waals surface area (Å²) >= 11 is 0. The smallest absolute Gasteiger partial charge is 0.317 e. The number of urea groups is 1. The average molecular weight is 391 g/mol. The van der Waals surface area contributed by atoms with Crippen LogP contribution in [0.25, 0.3) is 0 Å². The number of carbonyl (C=O) groups excluding carboxylic acids is 1. The molecule has 154 valence electrons. The highest BCUT2D eigenvalue weighted by Gasteiger charge is 2.31. The van der Waals surface area contributed by atoms with Gasteiger partial charge >= 0.3 is 6.03 Å². The molecule has 0 aliphatic carbocycles. The minimum absolute atomic E-state index is 0.0173. The lowest BCUT2D eigenvalue weighted by Gasteiger charge is -2.38. The van der Waals surface area contributed by atoms with Crippen LogP contribution in [0.3, 0.4) is 0 Å². The minimum Gasteiger partial charge on any atom is -0.379 e. The van der Waals surface area contributed by atoms with Crippen LogP contribution in [-0.2, 0) is 15.9 Å². The highest BCUT2D eigenvalue weighted by Crippen LogP contribution is 2.33. The third-order valence-electron chi connectivity index (χ3n) is 6.42. The molecule has 2 saturated heterocycles. The summed E-state index contributed by atoms with van der Waals surface area (Å²) in [5.41, 5.74) is 2.26. The predicted molar refractivity (Wildman–Crippen MR) is 105 cm³/mol. The molecule has 2 unspecified atom stereocenters. The number of likely N-dealkylation sites (tertiary alicyclic amines) is 1. The van der Waals surface area contributed by atoms with Crippen molar-refractivity contribution in [2.24, 2.45) is 5.92 Å². The van der Waals surface area contributed by atoms with E-state index in [1.807, 2.05) is 11.0 Å². The maximum Gasteiger partial charge on any atom is 0.317 e. The van der Waals surface area contributed by atoms with Crippen LogP contribution in [0.5, 0.6) is 0 Å². The van der Waals surface area contributed by atoms with Crippen LogP contribution < -0.4 is 10.2 Å². The van der Waals surface area contributed by atoms with Gasteiger partial charge in [-0.05, 0) is 49.4 Å². The number of halogens is 1. The molecule has 2 amide bonds. The van der Waals surface area contributed by atoms with Gasteiger partial charge < -0.3 is 24.6 Å². The second kappa shape index (κ2) is 8.66. The van der Waals surface area contributed by atoms with E-state index in [2.05, 4.69) is 10.2 Å². The van der Waals surface area contributed by atoms with E-state index in [4.69, 9.17) is 9.47 Å².